The van der Waals surface area contributed by atoms with Gasteiger partial charge >= 0.3 is 0 Å². The molecule has 2 aromatic carbocycles. The molecule has 1 aromatic heterocycles. The van der Waals surface area contributed by atoms with E-state index >= 15 is 0 Å². The summed E-state index contributed by atoms with van der Waals surface area (Å²) in [5.41, 5.74) is 2.71. The van der Waals surface area contributed by atoms with Crippen LogP contribution in [-0.2, 0) is 13.1 Å². The summed E-state index contributed by atoms with van der Waals surface area (Å²) in [5, 5.41) is 3.56. The van der Waals surface area contributed by atoms with Crippen LogP contribution in [0, 0.1) is 5.82 Å². The van der Waals surface area contributed by atoms with E-state index < -0.39 is 0 Å². The largest absolute Gasteiger partial charge is 0.355 e. The van der Waals surface area contributed by atoms with E-state index in [-0.39, 0.29) is 11.7 Å². The number of aromatic nitrogens is 1. The second-order valence-electron chi connectivity index (χ2n) is 7.96. The number of nitrogens with one attached hydrogen (secondary N) is 1. The van der Waals surface area contributed by atoms with Crippen molar-refractivity contribution in [1.82, 2.24) is 15.2 Å². The number of pyridine rings is 1. The lowest BCUT2D eigenvalue weighted by atomic mass is 10.2. The first-order valence-electron chi connectivity index (χ1n) is 10.8. The maximum Gasteiger partial charge on any atom is 0.251 e. The second-order valence-corrected chi connectivity index (χ2v) is 8.39. The van der Waals surface area contributed by atoms with Gasteiger partial charge in [0.25, 0.3) is 5.91 Å². The van der Waals surface area contributed by atoms with Gasteiger partial charge in [-0.15, -0.1) is 0 Å². The van der Waals surface area contributed by atoms with Crippen molar-refractivity contribution in [2.45, 2.75) is 19.5 Å². The van der Waals surface area contributed by atoms with Crippen LogP contribution in [0.5, 0.6) is 0 Å². The third-order valence-corrected chi connectivity index (χ3v) is 5.85. The first kappa shape index (κ1) is 22.2. The van der Waals surface area contributed by atoms with Crippen molar-refractivity contribution in [2.75, 3.05) is 31.1 Å². The first-order chi connectivity index (χ1) is 15.6. The highest BCUT2D eigenvalue weighted by molar-refractivity contribution is 6.30. The van der Waals surface area contributed by atoms with Gasteiger partial charge in [0, 0.05) is 56.1 Å². The van der Waals surface area contributed by atoms with E-state index in [1.807, 2.05) is 24.3 Å². The van der Waals surface area contributed by atoms with Crippen molar-refractivity contribution in [3.8, 4) is 0 Å². The summed E-state index contributed by atoms with van der Waals surface area (Å²) in [7, 11) is 0. The van der Waals surface area contributed by atoms with E-state index in [1.165, 1.54) is 12.1 Å². The van der Waals surface area contributed by atoms with Crippen LogP contribution in [0.25, 0.3) is 0 Å². The van der Waals surface area contributed by atoms with Crippen LogP contribution in [0.2, 0.25) is 5.02 Å². The summed E-state index contributed by atoms with van der Waals surface area (Å²) in [5.74, 6) is 0.587. The fourth-order valence-corrected chi connectivity index (χ4v) is 3.96. The van der Waals surface area contributed by atoms with Gasteiger partial charge in [0.15, 0.2) is 0 Å². The minimum Gasteiger partial charge on any atom is -0.355 e. The summed E-state index contributed by atoms with van der Waals surface area (Å²) in [6.45, 7) is 4.95. The minimum absolute atomic E-state index is 0.133. The molecule has 7 heteroatoms. The molecule has 0 unspecified atom stereocenters. The monoisotopic (exact) mass is 452 g/mol. The average molecular weight is 453 g/mol. The van der Waals surface area contributed by atoms with Gasteiger partial charge in [0.1, 0.15) is 11.6 Å². The number of amides is 1. The molecule has 5 nitrogen and oxygen atoms in total. The molecule has 4 rings (SSSR count). The molecule has 32 heavy (non-hydrogen) atoms. The van der Waals surface area contributed by atoms with Crippen molar-refractivity contribution < 1.29 is 9.18 Å². The van der Waals surface area contributed by atoms with Crippen molar-refractivity contribution in [1.29, 1.82) is 0 Å². The maximum absolute atomic E-state index is 13.1. The highest BCUT2D eigenvalue weighted by Crippen LogP contribution is 2.17. The Bertz CT molecular complexity index is 1040. The molecular formula is C25H26ClFN4O. The predicted molar refractivity (Wildman–Crippen MR) is 125 cm³/mol. The van der Waals surface area contributed by atoms with Gasteiger partial charge in [-0.1, -0.05) is 23.7 Å². The SMILES string of the molecule is O=C(NCc1ccnc(N2CCCN(Cc3ccc(F)cc3)CC2)c1)c1ccc(Cl)cc1. The van der Waals surface area contributed by atoms with Gasteiger partial charge in [0.2, 0.25) is 0 Å². The Kier molecular flexibility index (Phi) is 7.35. The summed E-state index contributed by atoms with van der Waals surface area (Å²) >= 11 is 5.89. The molecule has 3 aromatic rings. The van der Waals surface area contributed by atoms with E-state index in [2.05, 4.69) is 20.1 Å². The van der Waals surface area contributed by atoms with Crippen molar-refractivity contribution in [2.24, 2.45) is 0 Å². The molecule has 166 valence electrons. The maximum atomic E-state index is 13.1. The van der Waals surface area contributed by atoms with Crippen LogP contribution < -0.4 is 10.2 Å². The normalized spacial score (nSPS) is 14.8. The number of carbonyl (C=O) groups excluding carboxylic acids is 1. The third-order valence-electron chi connectivity index (χ3n) is 5.60. The topological polar surface area (TPSA) is 48.5 Å². The Labute approximate surface area is 192 Å². The standard InChI is InChI=1S/C25H26ClFN4O/c26-22-6-4-21(5-7-22)25(32)29-17-20-10-11-28-24(16-20)31-13-1-12-30(14-15-31)18-19-2-8-23(27)9-3-19/h2-11,16H,1,12-15,17-18H2,(H,29,32). The quantitative estimate of drug-likeness (QED) is 0.597. The molecule has 0 spiro atoms. The zero-order valence-electron chi connectivity index (χ0n) is 17.8. The zero-order chi connectivity index (χ0) is 22.3. The Balaban J connectivity index is 1.33. The van der Waals surface area contributed by atoms with Gasteiger partial charge in [-0.3, -0.25) is 9.69 Å². The summed E-state index contributed by atoms with van der Waals surface area (Å²) in [6.07, 6.45) is 2.82. The summed E-state index contributed by atoms with van der Waals surface area (Å²) in [6, 6.07) is 17.5. The van der Waals surface area contributed by atoms with Crippen LogP contribution in [-0.4, -0.2) is 42.0 Å². The third kappa shape index (κ3) is 6.05. The van der Waals surface area contributed by atoms with Crippen LogP contribution in [0.4, 0.5) is 10.2 Å². The summed E-state index contributed by atoms with van der Waals surface area (Å²) < 4.78 is 13.1. The van der Waals surface area contributed by atoms with Crippen LogP contribution >= 0.6 is 11.6 Å². The lowest BCUT2D eigenvalue weighted by molar-refractivity contribution is 0.0951. The molecule has 0 atom stereocenters. The van der Waals surface area contributed by atoms with Gasteiger partial charge < -0.3 is 10.2 Å². The predicted octanol–water partition coefficient (Wildman–Crippen LogP) is 4.52. The second kappa shape index (κ2) is 10.6. The van der Waals surface area contributed by atoms with E-state index in [1.54, 1.807) is 30.5 Å². The molecule has 0 radical (unpaired) electrons. The molecular weight excluding hydrogens is 427 g/mol. The number of hydrogen-bond donors (Lipinski definition) is 1. The smallest absolute Gasteiger partial charge is 0.251 e. The molecule has 0 saturated carbocycles. The molecule has 1 amide bonds. The molecule has 1 fully saturated rings. The first-order valence-corrected chi connectivity index (χ1v) is 11.1. The fraction of sp³-hybridized carbons (Fsp3) is 0.280. The zero-order valence-corrected chi connectivity index (χ0v) is 18.6. The molecule has 1 N–H and O–H groups in total. The Morgan fingerprint density at radius 2 is 1.75 bits per heavy atom. The highest BCUT2D eigenvalue weighted by Gasteiger charge is 2.17. The number of halogens is 2. The van der Waals surface area contributed by atoms with E-state index in [9.17, 15) is 9.18 Å². The van der Waals surface area contributed by atoms with Crippen LogP contribution in [0.15, 0.2) is 66.9 Å². The summed E-state index contributed by atoms with van der Waals surface area (Å²) in [4.78, 5) is 21.6. The number of nitrogens with zero attached hydrogens (tertiary/aromatic N) is 3. The lowest BCUT2D eigenvalue weighted by Gasteiger charge is -2.23. The highest BCUT2D eigenvalue weighted by atomic mass is 35.5. The van der Waals surface area contributed by atoms with Gasteiger partial charge in [-0.25, -0.2) is 9.37 Å². The van der Waals surface area contributed by atoms with Crippen molar-refractivity contribution >= 4 is 23.3 Å². The fourth-order valence-electron chi connectivity index (χ4n) is 3.84. The number of anilines is 1. The van der Waals surface area contributed by atoms with E-state index in [4.69, 9.17) is 11.6 Å². The number of benzene rings is 2. The van der Waals surface area contributed by atoms with Crippen molar-refractivity contribution in [3.05, 3.63) is 94.4 Å². The van der Waals surface area contributed by atoms with Gasteiger partial charge in [-0.2, -0.15) is 0 Å². The molecule has 2 heterocycles. The van der Waals surface area contributed by atoms with Gasteiger partial charge in [0.05, 0.1) is 0 Å². The molecule has 1 aliphatic rings. The van der Waals surface area contributed by atoms with Crippen LogP contribution in [0.1, 0.15) is 27.9 Å². The Hall–Kier alpha value is -2.96. The molecule has 1 saturated heterocycles. The van der Waals surface area contributed by atoms with Crippen LogP contribution in [0.3, 0.4) is 0 Å². The molecule has 0 aliphatic carbocycles. The van der Waals surface area contributed by atoms with Crippen molar-refractivity contribution in [3.63, 3.8) is 0 Å². The number of hydrogen-bond acceptors (Lipinski definition) is 4. The van der Waals surface area contributed by atoms with E-state index in [0.29, 0.717) is 17.1 Å². The van der Waals surface area contributed by atoms with Gasteiger partial charge in [-0.05, 0) is 66.1 Å². The lowest BCUT2D eigenvalue weighted by Crippen LogP contribution is -2.31. The Morgan fingerprint density at radius 1 is 0.969 bits per heavy atom. The minimum atomic E-state index is -0.203. The number of rotatable bonds is 6. The average Bonchev–Trinajstić information content (AvgIpc) is 3.05. The molecule has 1 aliphatic heterocycles. The number of carbonyl (C=O) groups is 1. The van der Waals surface area contributed by atoms with E-state index in [0.717, 1.165) is 56.1 Å². The molecule has 0 bridgehead atoms. The Morgan fingerprint density at radius 3 is 2.53 bits per heavy atom.